The van der Waals surface area contributed by atoms with E-state index in [-0.39, 0.29) is 35.4 Å². The molecule has 2 aromatic rings. The molecule has 0 unspecified atom stereocenters. The summed E-state index contributed by atoms with van der Waals surface area (Å²) in [5.41, 5.74) is 1.08. The van der Waals surface area contributed by atoms with Crippen molar-refractivity contribution < 1.29 is 23.8 Å². The summed E-state index contributed by atoms with van der Waals surface area (Å²) in [5.74, 6) is -0.298. The van der Waals surface area contributed by atoms with Gasteiger partial charge in [-0.25, -0.2) is 4.79 Å². The monoisotopic (exact) mass is 556 g/mol. The van der Waals surface area contributed by atoms with Crippen molar-refractivity contribution in [1.29, 1.82) is 0 Å². The van der Waals surface area contributed by atoms with Crippen LogP contribution in [0.4, 0.5) is 0 Å². The molecule has 1 aromatic carbocycles. The highest BCUT2D eigenvalue weighted by Gasteiger charge is 2.35. The van der Waals surface area contributed by atoms with Crippen molar-refractivity contribution in [3.63, 3.8) is 0 Å². The molecule has 1 aromatic heterocycles. The van der Waals surface area contributed by atoms with Gasteiger partial charge < -0.3 is 19.1 Å². The Bertz CT molecular complexity index is 906. The molecule has 0 saturated carbocycles. The summed E-state index contributed by atoms with van der Waals surface area (Å²) in [7, 11) is 3.34. The molecular formula is C24H33IN2O5. The van der Waals surface area contributed by atoms with Crippen LogP contribution in [-0.4, -0.2) is 55.3 Å². The molecule has 0 aliphatic carbocycles. The number of benzene rings is 1. The largest absolute Gasteiger partial charge is 0.487 e. The lowest BCUT2D eigenvalue weighted by atomic mass is 10.3. The van der Waals surface area contributed by atoms with E-state index in [0.29, 0.717) is 18.9 Å². The molecule has 0 radical (unpaired) electrons. The number of rotatable bonds is 12. The Morgan fingerprint density at radius 3 is 1.91 bits per heavy atom. The molecule has 0 atom stereocenters. The molecule has 7 nitrogen and oxygen atoms in total. The second-order valence-electron chi connectivity index (χ2n) is 7.49. The molecule has 0 spiro atoms. The van der Waals surface area contributed by atoms with Gasteiger partial charge in [0.05, 0.1) is 19.8 Å². The SMILES string of the molecule is CCCCOc1c(OCCCC)c(C(=O)N(C)C)n(-c2ccc(I)cc2)c1C(=O)OCC. The minimum Gasteiger partial charge on any atom is -0.487 e. The fourth-order valence-electron chi connectivity index (χ4n) is 3.07. The first-order valence-electron chi connectivity index (χ1n) is 11.1. The Kier molecular flexibility index (Phi) is 10.3. The van der Waals surface area contributed by atoms with E-state index in [2.05, 4.69) is 36.4 Å². The quantitative estimate of drug-likeness (QED) is 0.201. The van der Waals surface area contributed by atoms with E-state index in [4.69, 9.17) is 14.2 Å². The zero-order chi connectivity index (χ0) is 23.7. The lowest BCUT2D eigenvalue weighted by Crippen LogP contribution is -2.26. The van der Waals surface area contributed by atoms with Gasteiger partial charge in [0.25, 0.3) is 5.91 Å². The molecule has 0 saturated heterocycles. The van der Waals surface area contributed by atoms with Crippen molar-refractivity contribution in [1.82, 2.24) is 9.47 Å². The molecule has 2 rings (SSSR count). The number of carbonyl (C=O) groups excluding carboxylic acids is 2. The standard InChI is InChI=1S/C24H33IN2O5/c1-6-9-15-31-21-19(23(28)26(4)5)27(18-13-11-17(25)12-14-18)20(24(29)30-8-3)22(21)32-16-10-7-2/h11-14H,6-10,15-16H2,1-5H3. The van der Waals surface area contributed by atoms with E-state index in [1.54, 1.807) is 25.6 Å². The summed E-state index contributed by atoms with van der Waals surface area (Å²) in [4.78, 5) is 28.0. The number of ether oxygens (including phenoxy) is 3. The van der Waals surface area contributed by atoms with Crippen LogP contribution >= 0.6 is 22.6 Å². The maximum Gasteiger partial charge on any atom is 0.359 e. The second-order valence-corrected chi connectivity index (χ2v) is 8.74. The van der Waals surface area contributed by atoms with E-state index in [1.807, 2.05) is 24.3 Å². The van der Waals surface area contributed by atoms with E-state index >= 15 is 0 Å². The van der Waals surface area contributed by atoms with E-state index in [0.717, 1.165) is 29.3 Å². The minimum absolute atomic E-state index is 0.167. The van der Waals surface area contributed by atoms with Crippen molar-refractivity contribution in [3.05, 3.63) is 39.2 Å². The van der Waals surface area contributed by atoms with Gasteiger partial charge in [0, 0.05) is 23.4 Å². The minimum atomic E-state index is -0.560. The van der Waals surface area contributed by atoms with Crippen molar-refractivity contribution >= 4 is 34.5 Å². The first kappa shape index (κ1) is 26.0. The van der Waals surface area contributed by atoms with Crippen molar-refractivity contribution in [2.24, 2.45) is 0 Å². The van der Waals surface area contributed by atoms with Gasteiger partial charge in [-0.3, -0.25) is 9.36 Å². The van der Waals surface area contributed by atoms with Gasteiger partial charge in [-0.2, -0.15) is 0 Å². The van der Waals surface area contributed by atoms with Gasteiger partial charge in [0.2, 0.25) is 0 Å². The Morgan fingerprint density at radius 1 is 0.906 bits per heavy atom. The van der Waals surface area contributed by atoms with Crippen LogP contribution in [0.3, 0.4) is 0 Å². The number of unbranched alkanes of at least 4 members (excludes halogenated alkanes) is 2. The number of nitrogens with zero attached hydrogens (tertiary/aromatic N) is 2. The Hall–Kier alpha value is -2.23. The zero-order valence-corrected chi connectivity index (χ0v) is 21.7. The number of aromatic nitrogens is 1. The third-order valence-corrected chi connectivity index (χ3v) is 5.45. The predicted molar refractivity (Wildman–Crippen MR) is 133 cm³/mol. The van der Waals surface area contributed by atoms with Crippen LogP contribution in [0, 0.1) is 3.57 Å². The third kappa shape index (κ3) is 6.17. The first-order chi connectivity index (χ1) is 15.4. The Labute approximate surface area is 204 Å². The fraction of sp³-hybridized carbons (Fsp3) is 0.500. The lowest BCUT2D eigenvalue weighted by molar-refractivity contribution is 0.0511. The van der Waals surface area contributed by atoms with Crippen LogP contribution in [-0.2, 0) is 4.74 Å². The maximum absolute atomic E-state index is 13.4. The molecule has 32 heavy (non-hydrogen) atoms. The average molecular weight is 556 g/mol. The second kappa shape index (κ2) is 12.7. The molecule has 0 aliphatic heterocycles. The van der Waals surface area contributed by atoms with E-state index in [9.17, 15) is 9.59 Å². The molecule has 1 amide bonds. The lowest BCUT2D eigenvalue weighted by Gasteiger charge is -2.16. The third-order valence-electron chi connectivity index (χ3n) is 4.73. The smallest absolute Gasteiger partial charge is 0.359 e. The van der Waals surface area contributed by atoms with Gasteiger partial charge in [0.1, 0.15) is 0 Å². The van der Waals surface area contributed by atoms with Gasteiger partial charge in [-0.15, -0.1) is 0 Å². The number of esters is 1. The topological polar surface area (TPSA) is 70.0 Å². The predicted octanol–water partition coefficient (Wildman–Crippen LogP) is 5.32. The van der Waals surface area contributed by atoms with Gasteiger partial charge >= 0.3 is 5.97 Å². The van der Waals surface area contributed by atoms with Crippen molar-refractivity contribution in [2.75, 3.05) is 33.9 Å². The van der Waals surface area contributed by atoms with Crippen molar-refractivity contribution in [3.8, 4) is 17.2 Å². The normalized spacial score (nSPS) is 10.7. The van der Waals surface area contributed by atoms with E-state index < -0.39 is 5.97 Å². The highest BCUT2D eigenvalue weighted by atomic mass is 127. The summed E-state index contributed by atoms with van der Waals surface area (Å²) in [5, 5.41) is 0. The molecule has 0 aliphatic rings. The summed E-state index contributed by atoms with van der Waals surface area (Å²) < 4.78 is 20.2. The number of hydrogen-bond acceptors (Lipinski definition) is 5. The molecule has 0 N–H and O–H groups in total. The first-order valence-corrected chi connectivity index (χ1v) is 12.1. The number of hydrogen-bond donors (Lipinski definition) is 0. The molecule has 1 heterocycles. The van der Waals surface area contributed by atoms with Gasteiger partial charge in [-0.05, 0) is 66.6 Å². The zero-order valence-electron chi connectivity index (χ0n) is 19.6. The number of halogens is 1. The van der Waals surface area contributed by atoms with Gasteiger partial charge in [-0.1, -0.05) is 26.7 Å². The van der Waals surface area contributed by atoms with Crippen LogP contribution in [0.15, 0.2) is 24.3 Å². The van der Waals surface area contributed by atoms with Crippen LogP contribution < -0.4 is 9.47 Å². The average Bonchev–Trinajstić information content (AvgIpc) is 3.08. The van der Waals surface area contributed by atoms with E-state index in [1.165, 1.54) is 4.90 Å². The molecule has 0 bridgehead atoms. The highest BCUT2D eigenvalue weighted by Crippen LogP contribution is 2.41. The number of carbonyl (C=O) groups is 2. The molecule has 0 fully saturated rings. The summed E-state index contributed by atoms with van der Waals surface area (Å²) in [6.45, 7) is 6.89. The van der Waals surface area contributed by atoms with Gasteiger partial charge in [0.15, 0.2) is 22.9 Å². The highest BCUT2D eigenvalue weighted by molar-refractivity contribution is 14.1. The Morgan fingerprint density at radius 2 is 1.44 bits per heavy atom. The van der Waals surface area contributed by atoms with Crippen LogP contribution in [0.1, 0.15) is 67.4 Å². The van der Waals surface area contributed by atoms with Crippen molar-refractivity contribution in [2.45, 2.75) is 46.5 Å². The molecular weight excluding hydrogens is 523 g/mol. The maximum atomic E-state index is 13.4. The number of amides is 1. The molecule has 8 heteroatoms. The summed E-state index contributed by atoms with van der Waals surface area (Å²) in [6.07, 6.45) is 3.49. The molecule has 176 valence electrons. The summed E-state index contributed by atoms with van der Waals surface area (Å²) in [6, 6.07) is 7.57. The van der Waals surface area contributed by atoms with Crippen LogP contribution in [0.2, 0.25) is 0 Å². The van der Waals surface area contributed by atoms with Crippen LogP contribution in [0.25, 0.3) is 5.69 Å². The summed E-state index contributed by atoms with van der Waals surface area (Å²) >= 11 is 2.22. The Balaban J connectivity index is 2.85. The fourth-order valence-corrected chi connectivity index (χ4v) is 3.43. The van der Waals surface area contributed by atoms with Crippen LogP contribution in [0.5, 0.6) is 11.5 Å².